The second kappa shape index (κ2) is 3.83. The first-order valence-electron chi connectivity index (χ1n) is 3.96. The SMILES string of the molecule is FC(Cl)C(F)(F)N1CCCCC1. The number of hydrogen-bond donors (Lipinski definition) is 0. The Morgan fingerprint density at radius 2 is 1.67 bits per heavy atom. The predicted octanol–water partition coefficient (Wildman–Crippen LogP) is 2.60. The van der Waals surface area contributed by atoms with Crippen LogP contribution in [0.25, 0.3) is 0 Å². The third kappa shape index (κ3) is 2.04. The van der Waals surface area contributed by atoms with Crippen LogP contribution in [0.4, 0.5) is 13.2 Å². The number of nitrogens with zero attached hydrogens (tertiary/aromatic N) is 1. The van der Waals surface area contributed by atoms with Gasteiger partial charge in [0.2, 0.25) is 0 Å². The van der Waals surface area contributed by atoms with Crippen LogP contribution in [0.5, 0.6) is 0 Å². The fourth-order valence-corrected chi connectivity index (χ4v) is 1.47. The highest BCUT2D eigenvalue weighted by Gasteiger charge is 2.45. The standard InChI is InChI=1S/C7H11ClF3N/c8-6(9)7(10,11)12-4-2-1-3-5-12/h6H,1-5H2. The summed E-state index contributed by atoms with van der Waals surface area (Å²) >= 11 is 4.74. The summed E-state index contributed by atoms with van der Waals surface area (Å²) in [5.41, 5.74) is -2.60. The molecule has 1 fully saturated rings. The first-order chi connectivity index (χ1) is 5.55. The average molecular weight is 202 g/mol. The molecule has 0 aliphatic carbocycles. The molecule has 72 valence electrons. The van der Waals surface area contributed by atoms with Crippen molar-refractivity contribution in [2.75, 3.05) is 13.1 Å². The van der Waals surface area contributed by atoms with E-state index < -0.39 is 11.7 Å². The van der Waals surface area contributed by atoms with Gasteiger partial charge in [-0.3, -0.25) is 0 Å². The Morgan fingerprint density at radius 1 is 1.17 bits per heavy atom. The largest absolute Gasteiger partial charge is 0.349 e. The predicted molar refractivity (Wildman–Crippen MR) is 41.1 cm³/mol. The normalized spacial score (nSPS) is 24.0. The summed E-state index contributed by atoms with van der Waals surface area (Å²) in [6.07, 6.45) is 2.32. The molecule has 1 heterocycles. The summed E-state index contributed by atoms with van der Waals surface area (Å²) in [5, 5.41) is 0. The molecule has 1 aliphatic heterocycles. The molecule has 1 saturated heterocycles. The second-order valence-corrected chi connectivity index (χ2v) is 3.32. The van der Waals surface area contributed by atoms with Crippen LogP contribution in [0, 0.1) is 0 Å². The second-order valence-electron chi connectivity index (χ2n) is 2.94. The molecule has 1 aliphatic rings. The number of alkyl halides is 4. The van der Waals surface area contributed by atoms with Gasteiger partial charge < -0.3 is 0 Å². The Kier molecular flexibility index (Phi) is 3.23. The fourth-order valence-electron chi connectivity index (χ4n) is 1.33. The quantitative estimate of drug-likeness (QED) is 0.490. The maximum Gasteiger partial charge on any atom is 0.349 e. The zero-order chi connectivity index (χ0) is 9.19. The maximum atomic E-state index is 12.9. The minimum Gasteiger partial charge on any atom is -0.241 e. The van der Waals surface area contributed by atoms with Crippen LogP contribution in [0.1, 0.15) is 19.3 Å². The van der Waals surface area contributed by atoms with E-state index >= 15 is 0 Å². The van der Waals surface area contributed by atoms with Gasteiger partial charge in [0.15, 0.2) is 0 Å². The van der Waals surface area contributed by atoms with Crippen LogP contribution in [0.3, 0.4) is 0 Å². The minimum atomic E-state index is -3.50. The van der Waals surface area contributed by atoms with E-state index in [0.29, 0.717) is 12.8 Å². The van der Waals surface area contributed by atoms with E-state index in [1.807, 2.05) is 0 Å². The van der Waals surface area contributed by atoms with Crippen molar-refractivity contribution in [3.8, 4) is 0 Å². The zero-order valence-electron chi connectivity index (χ0n) is 6.57. The number of piperidine rings is 1. The maximum absolute atomic E-state index is 12.9. The van der Waals surface area contributed by atoms with E-state index in [0.717, 1.165) is 11.3 Å². The van der Waals surface area contributed by atoms with Crippen LogP contribution in [0.15, 0.2) is 0 Å². The van der Waals surface area contributed by atoms with Crippen LogP contribution < -0.4 is 0 Å². The van der Waals surface area contributed by atoms with Gasteiger partial charge >= 0.3 is 6.05 Å². The molecule has 0 aromatic heterocycles. The van der Waals surface area contributed by atoms with Gasteiger partial charge in [0, 0.05) is 13.1 Å². The van der Waals surface area contributed by atoms with Gasteiger partial charge in [0.05, 0.1) is 0 Å². The lowest BCUT2D eigenvalue weighted by atomic mass is 10.1. The molecule has 0 aromatic rings. The van der Waals surface area contributed by atoms with Crippen LogP contribution in [-0.2, 0) is 0 Å². The van der Waals surface area contributed by atoms with Gasteiger partial charge in [-0.15, -0.1) is 0 Å². The first kappa shape index (κ1) is 10.1. The highest BCUT2D eigenvalue weighted by atomic mass is 35.5. The number of likely N-dealkylation sites (tertiary alicyclic amines) is 1. The van der Waals surface area contributed by atoms with Crippen molar-refractivity contribution in [3.05, 3.63) is 0 Å². The smallest absolute Gasteiger partial charge is 0.241 e. The van der Waals surface area contributed by atoms with E-state index in [2.05, 4.69) is 0 Å². The number of halogens is 4. The molecule has 5 heteroatoms. The van der Waals surface area contributed by atoms with Crippen molar-refractivity contribution in [2.45, 2.75) is 30.9 Å². The van der Waals surface area contributed by atoms with Crippen molar-refractivity contribution in [1.82, 2.24) is 4.90 Å². The van der Waals surface area contributed by atoms with Crippen LogP contribution >= 0.6 is 11.6 Å². The first-order valence-corrected chi connectivity index (χ1v) is 4.40. The number of hydrogen-bond acceptors (Lipinski definition) is 1. The van der Waals surface area contributed by atoms with Crippen LogP contribution in [-0.4, -0.2) is 29.7 Å². The Labute approximate surface area is 74.5 Å². The molecule has 0 amide bonds. The van der Waals surface area contributed by atoms with Crippen molar-refractivity contribution in [2.24, 2.45) is 0 Å². The van der Waals surface area contributed by atoms with Crippen LogP contribution in [0.2, 0.25) is 0 Å². The Hall–Kier alpha value is 0.0400. The summed E-state index contributed by atoms with van der Waals surface area (Å²) in [7, 11) is 0. The van der Waals surface area contributed by atoms with Gasteiger partial charge in [-0.2, -0.15) is 8.78 Å². The molecule has 1 atom stereocenters. The lowest BCUT2D eigenvalue weighted by Gasteiger charge is -2.33. The molecule has 12 heavy (non-hydrogen) atoms. The highest BCUT2D eigenvalue weighted by molar-refractivity contribution is 6.20. The molecule has 0 saturated carbocycles. The Morgan fingerprint density at radius 3 is 2.08 bits per heavy atom. The van der Waals surface area contributed by atoms with Crippen molar-refractivity contribution >= 4 is 11.6 Å². The average Bonchev–Trinajstić information content (AvgIpc) is 2.06. The molecule has 0 bridgehead atoms. The molecular formula is C7H11ClF3N. The number of rotatable bonds is 2. The highest BCUT2D eigenvalue weighted by Crippen LogP contribution is 2.31. The zero-order valence-corrected chi connectivity index (χ0v) is 7.33. The molecular weight excluding hydrogens is 191 g/mol. The lowest BCUT2D eigenvalue weighted by Crippen LogP contribution is -2.49. The summed E-state index contributed by atoms with van der Waals surface area (Å²) in [5.74, 6) is 0. The van der Waals surface area contributed by atoms with Crippen molar-refractivity contribution in [3.63, 3.8) is 0 Å². The molecule has 1 rings (SSSR count). The summed E-state index contributed by atoms with van der Waals surface area (Å²) in [6.45, 7) is 0.473. The third-order valence-electron chi connectivity index (χ3n) is 2.04. The monoisotopic (exact) mass is 201 g/mol. The van der Waals surface area contributed by atoms with E-state index in [1.54, 1.807) is 0 Å². The summed E-state index contributed by atoms with van der Waals surface area (Å²) < 4.78 is 37.9. The van der Waals surface area contributed by atoms with E-state index in [-0.39, 0.29) is 13.1 Å². The van der Waals surface area contributed by atoms with E-state index in [9.17, 15) is 13.2 Å². The Balaban J connectivity index is 2.53. The molecule has 0 radical (unpaired) electrons. The van der Waals surface area contributed by atoms with Gasteiger partial charge in [-0.1, -0.05) is 18.0 Å². The minimum absolute atomic E-state index is 0.236. The van der Waals surface area contributed by atoms with Gasteiger partial charge in [-0.05, 0) is 12.8 Å². The van der Waals surface area contributed by atoms with Crippen molar-refractivity contribution < 1.29 is 13.2 Å². The van der Waals surface area contributed by atoms with E-state index in [4.69, 9.17) is 11.6 Å². The molecule has 0 aromatic carbocycles. The fraction of sp³-hybridized carbons (Fsp3) is 1.00. The molecule has 0 spiro atoms. The van der Waals surface area contributed by atoms with Crippen molar-refractivity contribution in [1.29, 1.82) is 0 Å². The Bertz CT molecular complexity index is 146. The van der Waals surface area contributed by atoms with E-state index in [1.165, 1.54) is 0 Å². The van der Waals surface area contributed by atoms with Gasteiger partial charge in [0.25, 0.3) is 5.63 Å². The molecule has 1 nitrogen and oxygen atoms in total. The molecule has 1 unspecified atom stereocenters. The third-order valence-corrected chi connectivity index (χ3v) is 2.30. The topological polar surface area (TPSA) is 3.24 Å². The summed E-state index contributed by atoms with van der Waals surface area (Å²) in [6, 6.07) is -3.50. The molecule has 0 N–H and O–H groups in total. The summed E-state index contributed by atoms with van der Waals surface area (Å²) in [4.78, 5) is 0.814. The van der Waals surface area contributed by atoms with Gasteiger partial charge in [0.1, 0.15) is 0 Å². The lowest BCUT2D eigenvalue weighted by molar-refractivity contribution is -0.176. The van der Waals surface area contributed by atoms with Gasteiger partial charge in [-0.25, -0.2) is 9.29 Å².